The third-order valence-corrected chi connectivity index (χ3v) is 12.2. The molecule has 5 unspecified atom stereocenters. The van der Waals surface area contributed by atoms with E-state index in [-0.39, 0.29) is 11.4 Å². The van der Waals surface area contributed by atoms with Gasteiger partial charge < -0.3 is 9.84 Å². The van der Waals surface area contributed by atoms with Crippen molar-refractivity contribution in [2.24, 2.45) is 45.3 Å². The molecule has 4 aliphatic rings. The van der Waals surface area contributed by atoms with Crippen molar-refractivity contribution in [2.75, 3.05) is 7.11 Å². The van der Waals surface area contributed by atoms with E-state index < -0.39 is 5.97 Å². The van der Waals surface area contributed by atoms with Crippen LogP contribution in [-0.2, 0) is 14.3 Å². The quantitative estimate of drug-likeness (QED) is 0.208. The summed E-state index contributed by atoms with van der Waals surface area (Å²) in [6.07, 6.45) is 14.0. The smallest absolute Gasteiger partial charge is 0.333 e. The average Bonchev–Trinajstić information content (AvgIpc) is 3.40. The van der Waals surface area contributed by atoms with Crippen molar-refractivity contribution in [3.63, 3.8) is 0 Å². The summed E-state index contributed by atoms with van der Waals surface area (Å²) in [5.41, 5.74) is 3.15. The predicted octanol–water partition coefficient (Wildman–Crippen LogP) is 7.58. The van der Waals surface area contributed by atoms with Gasteiger partial charge in [-0.1, -0.05) is 39.0 Å². The van der Waals surface area contributed by atoms with E-state index in [1.165, 1.54) is 57.6 Å². The highest BCUT2D eigenvalue weighted by molar-refractivity contribution is 5.87. The van der Waals surface area contributed by atoms with Crippen LogP contribution in [0.3, 0.4) is 0 Å². The first-order valence-corrected chi connectivity index (χ1v) is 14.0. The summed E-state index contributed by atoms with van der Waals surface area (Å²) in [6, 6.07) is 0. The first kappa shape index (κ1) is 26.5. The van der Waals surface area contributed by atoms with Crippen LogP contribution < -0.4 is 0 Å². The van der Waals surface area contributed by atoms with Crippen LogP contribution in [0.1, 0.15) is 105 Å². The van der Waals surface area contributed by atoms with E-state index in [1.54, 1.807) is 0 Å². The number of carbonyl (C=O) groups excluding carboxylic acids is 1. The standard InChI is InChI=1S/C31H48O4/c1-20(2)23-11-12-25-29(6)15-13-24(21(3)9-8-10-22(4)27(34)35-7)28(29,5)17-18-31(25)19-30(23,31)16-14-26(32)33/h10,21,23-25H,1,8-9,11-19H2,2-7H3,(H,32,33)/b22-10-/t21?,23-,24?,25?,28+,29-,30?,31?/m0/s1. The van der Waals surface area contributed by atoms with E-state index in [2.05, 4.69) is 40.3 Å². The molecular formula is C31H48O4. The third kappa shape index (κ3) is 3.84. The Kier molecular flexibility index (Phi) is 6.86. The lowest BCUT2D eigenvalue weighted by molar-refractivity contribution is -0.139. The number of carboxylic acids is 1. The molecule has 4 fully saturated rings. The molecule has 4 saturated carbocycles. The van der Waals surface area contributed by atoms with Crippen molar-refractivity contribution < 1.29 is 19.4 Å². The van der Waals surface area contributed by atoms with Gasteiger partial charge in [-0.2, -0.15) is 0 Å². The molecule has 4 nitrogen and oxygen atoms in total. The third-order valence-electron chi connectivity index (χ3n) is 12.2. The number of hydrogen-bond acceptors (Lipinski definition) is 3. The minimum absolute atomic E-state index is 0.171. The van der Waals surface area contributed by atoms with Gasteiger partial charge in [-0.3, -0.25) is 4.79 Å². The molecule has 1 spiro atoms. The van der Waals surface area contributed by atoms with E-state index in [4.69, 9.17) is 4.74 Å². The Balaban J connectivity index is 1.54. The van der Waals surface area contributed by atoms with Crippen LogP contribution in [0, 0.1) is 45.3 Å². The Morgan fingerprint density at radius 1 is 1.11 bits per heavy atom. The molecule has 196 valence electrons. The molecule has 0 aromatic carbocycles. The number of esters is 1. The van der Waals surface area contributed by atoms with Crippen molar-refractivity contribution in [2.45, 2.75) is 105 Å². The topological polar surface area (TPSA) is 63.6 Å². The van der Waals surface area contributed by atoms with Gasteiger partial charge in [0, 0.05) is 12.0 Å². The van der Waals surface area contributed by atoms with Crippen molar-refractivity contribution in [1.82, 2.24) is 0 Å². The van der Waals surface area contributed by atoms with Crippen LogP contribution in [0.15, 0.2) is 23.8 Å². The molecule has 0 bridgehead atoms. The molecule has 8 atom stereocenters. The number of carboxylic acid groups (broad SMARTS) is 1. The molecular weight excluding hydrogens is 436 g/mol. The minimum atomic E-state index is -0.651. The number of hydrogen-bond donors (Lipinski definition) is 1. The van der Waals surface area contributed by atoms with Crippen LogP contribution in [0.2, 0.25) is 0 Å². The molecule has 4 aliphatic carbocycles. The van der Waals surface area contributed by atoms with Gasteiger partial charge in [-0.05, 0) is 123 Å². The van der Waals surface area contributed by atoms with E-state index >= 15 is 0 Å². The fourth-order valence-electron chi connectivity index (χ4n) is 10.3. The van der Waals surface area contributed by atoms with Crippen LogP contribution in [0.5, 0.6) is 0 Å². The maximum atomic E-state index is 11.7. The molecule has 0 aliphatic heterocycles. The molecule has 0 saturated heterocycles. The highest BCUT2D eigenvalue weighted by Gasteiger charge is 2.80. The van der Waals surface area contributed by atoms with Crippen LogP contribution in [0.25, 0.3) is 0 Å². The molecule has 0 amide bonds. The van der Waals surface area contributed by atoms with Gasteiger partial charge in [0.15, 0.2) is 0 Å². The lowest BCUT2D eigenvalue weighted by atomic mass is 9.43. The molecule has 35 heavy (non-hydrogen) atoms. The Morgan fingerprint density at radius 2 is 1.83 bits per heavy atom. The zero-order valence-corrected chi connectivity index (χ0v) is 23.0. The monoisotopic (exact) mass is 484 g/mol. The number of aliphatic carboxylic acids is 1. The largest absolute Gasteiger partial charge is 0.481 e. The highest BCUT2D eigenvalue weighted by Crippen LogP contribution is 2.87. The summed E-state index contributed by atoms with van der Waals surface area (Å²) >= 11 is 0. The van der Waals surface area contributed by atoms with Gasteiger partial charge >= 0.3 is 11.9 Å². The molecule has 1 N–H and O–H groups in total. The Morgan fingerprint density at radius 3 is 2.46 bits per heavy atom. The van der Waals surface area contributed by atoms with Crippen molar-refractivity contribution in [3.8, 4) is 0 Å². The van der Waals surface area contributed by atoms with E-state index in [0.717, 1.165) is 19.3 Å². The summed E-state index contributed by atoms with van der Waals surface area (Å²) in [5, 5.41) is 9.53. The summed E-state index contributed by atoms with van der Waals surface area (Å²) in [4.78, 5) is 23.3. The molecule has 0 radical (unpaired) electrons. The van der Waals surface area contributed by atoms with E-state index in [0.29, 0.717) is 51.9 Å². The maximum Gasteiger partial charge on any atom is 0.333 e. The minimum Gasteiger partial charge on any atom is -0.481 e. The zero-order chi connectivity index (χ0) is 25.8. The van der Waals surface area contributed by atoms with Crippen molar-refractivity contribution in [3.05, 3.63) is 23.8 Å². The first-order valence-electron chi connectivity index (χ1n) is 14.0. The lowest BCUT2D eigenvalue weighted by Crippen LogP contribution is -2.54. The predicted molar refractivity (Wildman–Crippen MR) is 140 cm³/mol. The summed E-state index contributed by atoms with van der Waals surface area (Å²) in [7, 11) is 1.44. The fraction of sp³-hybridized carbons (Fsp3) is 0.806. The van der Waals surface area contributed by atoms with E-state index in [1.807, 2.05) is 6.92 Å². The second-order valence-electron chi connectivity index (χ2n) is 13.3. The van der Waals surface area contributed by atoms with Gasteiger partial charge in [-0.15, -0.1) is 0 Å². The number of carbonyl (C=O) groups is 2. The Bertz CT molecular complexity index is 919. The van der Waals surface area contributed by atoms with Gasteiger partial charge in [0.2, 0.25) is 0 Å². The Labute approximate surface area is 213 Å². The Hall–Kier alpha value is -1.58. The maximum absolute atomic E-state index is 11.7. The normalized spacial score (nSPS) is 42.9. The average molecular weight is 485 g/mol. The van der Waals surface area contributed by atoms with Gasteiger partial charge in [0.1, 0.15) is 0 Å². The molecule has 0 aromatic rings. The number of ether oxygens (including phenoxy) is 1. The second-order valence-corrected chi connectivity index (χ2v) is 13.3. The summed E-state index contributed by atoms with van der Waals surface area (Å²) in [6.45, 7) is 16.0. The molecule has 4 rings (SSSR count). The van der Waals surface area contributed by atoms with E-state index in [9.17, 15) is 14.7 Å². The zero-order valence-electron chi connectivity index (χ0n) is 23.0. The van der Waals surface area contributed by atoms with Crippen LogP contribution in [0.4, 0.5) is 0 Å². The molecule has 0 heterocycles. The number of rotatable bonds is 9. The van der Waals surface area contributed by atoms with Gasteiger partial charge in [-0.25, -0.2) is 4.79 Å². The van der Waals surface area contributed by atoms with Crippen LogP contribution >= 0.6 is 0 Å². The van der Waals surface area contributed by atoms with Gasteiger partial charge in [0.25, 0.3) is 0 Å². The van der Waals surface area contributed by atoms with Gasteiger partial charge in [0.05, 0.1) is 7.11 Å². The summed E-state index contributed by atoms with van der Waals surface area (Å²) < 4.78 is 4.85. The first-order chi connectivity index (χ1) is 16.4. The number of fused-ring (bicyclic) bond motifs is 2. The lowest BCUT2D eigenvalue weighted by Gasteiger charge is -2.61. The van der Waals surface area contributed by atoms with Crippen molar-refractivity contribution >= 4 is 11.9 Å². The SMILES string of the molecule is C=C(C)[C@@H]1CCC2C3(CC[C@]4(C)C(C(C)CC/C=C(/C)C(=O)OC)CC[C@@]24C)CC13CCC(=O)O. The molecule has 4 heteroatoms. The van der Waals surface area contributed by atoms with Crippen LogP contribution in [-0.4, -0.2) is 24.2 Å². The number of methoxy groups -OCH3 is 1. The van der Waals surface area contributed by atoms with Crippen molar-refractivity contribution in [1.29, 1.82) is 0 Å². The number of allylic oxidation sites excluding steroid dienone is 2. The fourth-order valence-corrected chi connectivity index (χ4v) is 10.3. The second kappa shape index (κ2) is 9.06. The molecule has 0 aromatic heterocycles. The summed E-state index contributed by atoms with van der Waals surface area (Å²) in [5.74, 6) is 1.66. The highest BCUT2D eigenvalue weighted by atomic mass is 16.5.